The first-order valence-corrected chi connectivity index (χ1v) is 7.88. The number of halogens is 1. The third-order valence-corrected chi connectivity index (χ3v) is 4.48. The summed E-state index contributed by atoms with van der Waals surface area (Å²) in [6.07, 6.45) is 0. The Kier molecular flexibility index (Phi) is 5.43. The van der Waals surface area contributed by atoms with Gasteiger partial charge in [0.15, 0.2) is 0 Å². The van der Waals surface area contributed by atoms with Crippen LogP contribution in [-0.2, 0) is 0 Å². The third kappa shape index (κ3) is 3.73. The molecule has 1 heterocycles. The summed E-state index contributed by atoms with van der Waals surface area (Å²) in [5.74, 6) is 0.297. The summed E-state index contributed by atoms with van der Waals surface area (Å²) < 4.78 is 0.765. The van der Waals surface area contributed by atoms with Gasteiger partial charge in [-0.25, -0.2) is 0 Å². The van der Waals surface area contributed by atoms with Gasteiger partial charge in [-0.05, 0) is 54.6 Å². The Morgan fingerprint density at radius 2 is 2.25 bits per heavy atom. The average molecular weight is 342 g/mol. The minimum atomic E-state index is 0.297. The first-order chi connectivity index (χ1) is 9.49. The van der Waals surface area contributed by atoms with Crippen LogP contribution >= 0.6 is 15.9 Å². The molecule has 2 unspecified atom stereocenters. The number of rotatable bonds is 4. The van der Waals surface area contributed by atoms with Crippen molar-refractivity contribution in [3.8, 4) is 5.75 Å². The zero-order chi connectivity index (χ0) is 14.7. The summed E-state index contributed by atoms with van der Waals surface area (Å²) in [4.78, 5) is 4.77. The highest BCUT2D eigenvalue weighted by Gasteiger charge is 2.27. The van der Waals surface area contributed by atoms with E-state index in [1.807, 2.05) is 12.1 Å². The molecule has 1 aliphatic rings. The monoisotopic (exact) mass is 341 g/mol. The van der Waals surface area contributed by atoms with E-state index in [9.17, 15) is 5.11 Å². The van der Waals surface area contributed by atoms with E-state index in [2.05, 4.69) is 52.1 Å². The van der Waals surface area contributed by atoms with Crippen molar-refractivity contribution in [2.75, 3.05) is 40.3 Å². The van der Waals surface area contributed by atoms with E-state index in [1.54, 1.807) is 6.07 Å². The van der Waals surface area contributed by atoms with Gasteiger partial charge in [-0.2, -0.15) is 0 Å². The largest absolute Gasteiger partial charge is 0.507 e. The summed E-state index contributed by atoms with van der Waals surface area (Å²) in [7, 11) is 4.21. The molecule has 2 atom stereocenters. The lowest BCUT2D eigenvalue weighted by Gasteiger charge is -2.41. The van der Waals surface area contributed by atoms with Gasteiger partial charge in [-0.15, -0.1) is 0 Å². The van der Waals surface area contributed by atoms with E-state index in [-0.39, 0.29) is 0 Å². The number of hydrogen-bond donors (Lipinski definition) is 2. The summed E-state index contributed by atoms with van der Waals surface area (Å²) in [5, 5.41) is 13.1. The van der Waals surface area contributed by atoms with Crippen LogP contribution < -0.4 is 5.32 Å². The number of likely N-dealkylation sites (N-methyl/N-ethyl adjacent to an activating group) is 1. The number of phenols is 1. The van der Waals surface area contributed by atoms with Gasteiger partial charge in [-0.3, -0.25) is 4.90 Å². The first-order valence-electron chi connectivity index (χ1n) is 7.08. The molecule has 1 aromatic carbocycles. The van der Waals surface area contributed by atoms with Crippen LogP contribution in [0.15, 0.2) is 22.7 Å². The zero-order valence-corrected chi connectivity index (χ0v) is 14.0. The van der Waals surface area contributed by atoms with Crippen molar-refractivity contribution in [3.05, 3.63) is 28.2 Å². The fraction of sp³-hybridized carbons (Fsp3) is 0.600. The molecule has 2 rings (SSSR count). The number of nitrogens with one attached hydrogen (secondary N) is 1. The van der Waals surface area contributed by atoms with Gasteiger partial charge >= 0.3 is 0 Å². The molecule has 0 aromatic heterocycles. The van der Waals surface area contributed by atoms with Crippen molar-refractivity contribution in [3.63, 3.8) is 0 Å². The van der Waals surface area contributed by atoms with E-state index in [0.717, 1.165) is 30.7 Å². The maximum atomic E-state index is 9.69. The van der Waals surface area contributed by atoms with Crippen molar-refractivity contribution >= 4 is 15.9 Å². The van der Waals surface area contributed by atoms with Crippen LogP contribution in [0.1, 0.15) is 18.5 Å². The van der Waals surface area contributed by atoms with E-state index < -0.39 is 0 Å². The molecule has 0 radical (unpaired) electrons. The summed E-state index contributed by atoms with van der Waals surface area (Å²) >= 11 is 3.43. The van der Waals surface area contributed by atoms with Crippen LogP contribution in [0.2, 0.25) is 0 Å². The van der Waals surface area contributed by atoms with Crippen molar-refractivity contribution < 1.29 is 5.11 Å². The number of aromatic hydroxyl groups is 1. The Hall–Kier alpha value is -0.620. The Bertz CT molecular complexity index is 453. The highest BCUT2D eigenvalue weighted by atomic mass is 79.9. The number of benzene rings is 1. The van der Waals surface area contributed by atoms with Crippen LogP contribution in [0.4, 0.5) is 0 Å². The van der Waals surface area contributed by atoms with Gasteiger partial charge < -0.3 is 15.3 Å². The van der Waals surface area contributed by atoms with Gasteiger partial charge in [0.1, 0.15) is 5.75 Å². The molecule has 112 valence electrons. The van der Waals surface area contributed by atoms with Crippen LogP contribution in [0.25, 0.3) is 0 Å². The lowest BCUT2D eigenvalue weighted by Crippen LogP contribution is -2.52. The Morgan fingerprint density at radius 3 is 2.85 bits per heavy atom. The Balaban J connectivity index is 2.28. The smallest absolute Gasteiger partial charge is 0.129 e. The second-order valence-electron chi connectivity index (χ2n) is 5.78. The summed E-state index contributed by atoms with van der Waals surface area (Å²) in [6.45, 7) is 6.36. The van der Waals surface area contributed by atoms with Crippen molar-refractivity contribution in [2.24, 2.45) is 0 Å². The van der Waals surface area contributed by atoms with Crippen LogP contribution in [-0.4, -0.2) is 61.2 Å². The molecule has 2 N–H and O–H groups in total. The molecule has 0 amide bonds. The fourth-order valence-electron chi connectivity index (χ4n) is 2.80. The number of hydrogen-bond acceptors (Lipinski definition) is 4. The standard InChI is InChI=1S/C15H24BrN3O/c1-11-9-17-6-7-19(11)14(10-18(2)3)12-4-5-15(20)13(16)8-12/h4-5,8,11,14,17,20H,6-7,9-10H2,1-3H3. The highest BCUT2D eigenvalue weighted by Crippen LogP contribution is 2.31. The number of phenolic OH excluding ortho intramolecular Hbond substituents is 1. The first kappa shape index (κ1) is 15.8. The van der Waals surface area contributed by atoms with Gasteiger partial charge in [0, 0.05) is 38.3 Å². The molecule has 0 bridgehead atoms. The number of nitrogens with zero attached hydrogens (tertiary/aromatic N) is 2. The SMILES string of the molecule is CC1CNCCN1C(CN(C)C)c1ccc(O)c(Br)c1. The van der Waals surface area contributed by atoms with Crippen LogP contribution in [0.5, 0.6) is 5.75 Å². The van der Waals surface area contributed by atoms with Gasteiger partial charge in [-0.1, -0.05) is 6.07 Å². The molecule has 1 aromatic rings. The van der Waals surface area contributed by atoms with Crippen molar-refractivity contribution in [1.29, 1.82) is 0 Å². The predicted octanol–water partition coefficient (Wildman–Crippen LogP) is 2.05. The normalized spacial score (nSPS) is 22.1. The summed E-state index contributed by atoms with van der Waals surface area (Å²) in [6, 6.07) is 6.70. The molecule has 0 aliphatic carbocycles. The van der Waals surface area contributed by atoms with E-state index in [1.165, 1.54) is 5.56 Å². The maximum absolute atomic E-state index is 9.69. The quantitative estimate of drug-likeness (QED) is 0.879. The van der Waals surface area contributed by atoms with Crippen LogP contribution in [0.3, 0.4) is 0 Å². The van der Waals surface area contributed by atoms with Crippen LogP contribution in [0, 0.1) is 0 Å². The maximum Gasteiger partial charge on any atom is 0.129 e. The van der Waals surface area contributed by atoms with Gasteiger partial charge in [0.25, 0.3) is 0 Å². The van der Waals surface area contributed by atoms with Crippen molar-refractivity contribution in [2.45, 2.75) is 19.0 Å². The van der Waals surface area contributed by atoms with E-state index in [4.69, 9.17) is 0 Å². The molecule has 1 fully saturated rings. The molecular weight excluding hydrogens is 318 g/mol. The molecule has 0 saturated carbocycles. The lowest BCUT2D eigenvalue weighted by atomic mass is 10.0. The molecule has 1 aliphatic heterocycles. The number of piperazine rings is 1. The second-order valence-corrected chi connectivity index (χ2v) is 6.63. The van der Waals surface area contributed by atoms with Gasteiger partial charge in [0.05, 0.1) is 4.47 Å². The molecule has 20 heavy (non-hydrogen) atoms. The molecule has 4 nitrogen and oxygen atoms in total. The topological polar surface area (TPSA) is 38.7 Å². The highest BCUT2D eigenvalue weighted by molar-refractivity contribution is 9.10. The Labute approximate surface area is 129 Å². The zero-order valence-electron chi connectivity index (χ0n) is 12.4. The average Bonchev–Trinajstić information content (AvgIpc) is 2.40. The van der Waals surface area contributed by atoms with E-state index in [0.29, 0.717) is 17.8 Å². The third-order valence-electron chi connectivity index (χ3n) is 3.85. The second kappa shape index (κ2) is 6.89. The lowest BCUT2D eigenvalue weighted by molar-refractivity contribution is 0.0967. The molecular formula is C15H24BrN3O. The van der Waals surface area contributed by atoms with Crippen molar-refractivity contribution in [1.82, 2.24) is 15.1 Å². The predicted molar refractivity (Wildman–Crippen MR) is 86.1 cm³/mol. The molecule has 0 spiro atoms. The summed E-state index contributed by atoms with van der Waals surface area (Å²) in [5.41, 5.74) is 1.25. The van der Waals surface area contributed by atoms with Gasteiger partial charge in [0.2, 0.25) is 0 Å². The van der Waals surface area contributed by atoms with E-state index >= 15 is 0 Å². The molecule has 5 heteroatoms. The fourth-order valence-corrected chi connectivity index (χ4v) is 3.19. The molecule has 1 saturated heterocycles. The minimum absolute atomic E-state index is 0.297. The Morgan fingerprint density at radius 1 is 1.50 bits per heavy atom. The minimum Gasteiger partial charge on any atom is -0.507 e.